The lowest BCUT2D eigenvalue weighted by Gasteiger charge is -2.22. The van der Waals surface area contributed by atoms with Crippen molar-refractivity contribution in [1.29, 1.82) is 0 Å². The van der Waals surface area contributed by atoms with Crippen molar-refractivity contribution in [2.75, 3.05) is 4.72 Å². The maximum Gasteiger partial charge on any atom is 0.262 e. The van der Waals surface area contributed by atoms with E-state index in [-0.39, 0.29) is 22.4 Å². The van der Waals surface area contributed by atoms with Crippen LogP contribution >= 0.6 is 0 Å². The molecule has 0 bridgehead atoms. The Labute approximate surface area is 213 Å². The smallest absolute Gasteiger partial charge is 0.262 e. The van der Waals surface area contributed by atoms with Crippen LogP contribution in [0.25, 0.3) is 0 Å². The van der Waals surface area contributed by atoms with Gasteiger partial charge in [-0.25, -0.2) is 8.42 Å². The quantitative estimate of drug-likeness (QED) is 0.317. The molecule has 0 aliphatic rings. The number of sulfonamides is 1. The summed E-state index contributed by atoms with van der Waals surface area (Å²) >= 11 is 0. The largest absolute Gasteiger partial charge is 0.341 e. The van der Waals surface area contributed by atoms with Crippen LogP contribution in [-0.2, 0) is 10.0 Å². The topological polar surface area (TPSA) is 75.3 Å². The number of benzene rings is 4. The van der Waals surface area contributed by atoms with Gasteiger partial charge in [0.05, 0.1) is 10.9 Å². The van der Waals surface area contributed by atoms with E-state index in [1.165, 1.54) is 6.07 Å². The molecule has 36 heavy (non-hydrogen) atoms. The summed E-state index contributed by atoms with van der Waals surface area (Å²) in [6, 6.07) is 27.6. The van der Waals surface area contributed by atoms with Gasteiger partial charge in [0.1, 0.15) is 0 Å². The molecule has 0 fully saturated rings. The van der Waals surface area contributed by atoms with Gasteiger partial charge in [0.15, 0.2) is 0 Å². The number of anilines is 1. The van der Waals surface area contributed by atoms with E-state index in [1.54, 1.807) is 31.2 Å². The second-order valence-corrected chi connectivity index (χ2v) is 10.8. The van der Waals surface area contributed by atoms with Gasteiger partial charge in [-0.15, -0.1) is 0 Å². The van der Waals surface area contributed by atoms with Crippen LogP contribution in [0.4, 0.5) is 5.69 Å². The average molecular weight is 499 g/mol. The molecule has 0 aromatic heterocycles. The fraction of sp³-hybridized carbons (Fsp3) is 0.167. The van der Waals surface area contributed by atoms with Crippen molar-refractivity contribution in [3.8, 4) is 0 Å². The second-order valence-electron chi connectivity index (χ2n) is 9.14. The van der Waals surface area contributed by atoms with Crippen LogP contribution in [0.3, 0.4) is 0 Å². The SMILES string of the molecule is Cc1cc(C)cc(NS(=O)(=O)c2cc(C(=O)N[C@H](c3ccccc3)c3ccccc3C)ccc2C)c1. The monoisotopic (exact) mass is 498 g/mol. The Morgan fingerprint density at radius 3 is 2.03 bits per heavy atom. The third-order valence-corrected chi connectivity index (χ3v) is 7.64. The minimum Gasteiger partial charge on any atom is -0.341 e. The van der Waals surface area contributed by atoms with E-state index in [4.69, 9.17) is 0 Å². The summed E-state index contributed by atoms with van der Waals surface area (Å²) in [7, 11) is -3.90. The molecule has 2 N–H and O–H groups in total. The predicted octanol–water partition coefficient (Wildman–Crippen LogP) is 6.24. The highest BCUT2D eigenvalue weighted by Gasteiger charge is 2.23. The number of aryl methyl sites for hydroxylation is 4. The lowest BCUT2D eigenvalue weighted by Crippen LogP contribution is -2.30. The van der Waals surface area contributed by atoms with Gasteiger partial charge < -0.3 is 5.32 Å². The first-order valence-electron chi connectivity index (χ1n) is 11.8. The summed E-state index contributed by atoms with van der Waals surface area (Å²) in [6.45, 7) is 7.56. The van der Waals surface area contributed by atoms with Crippen LogP contribution in [0.15, 0.2) is 95.9 Å². The van der Waals surface area contributed by atoms with Crippen LogP contribution in [0, 0.1) is 27.7 Å². The van der Waals surface area contributed by atoms with Gasteiger partial charge in [-0.05, 0) is 85.3 Å². The Bertz CT molecular complexity index is 1490. The van der Waals surface area contributed by atoms with Crippen LogP contribution in [0.5, 0.6) is 0 Å². The molecule has 184 valence electrons. The number of hydrogen-bond donors (Lipinski definition) is 2. The van der Waals surface area contributed by atoms with E-state index in [0.717, 1.165) is 27.8 Å². The van der Waals surface area contributed by atoms with E-state index in [9.17, 15) is 13.2 Å². The minimum absolute atomic E-state index is 0.0708. The van der Waals surface area contributed by atoms with Gasteiger partial charge >= 0.3 is 0 Å². The molecule has 5 nitrogen and oxygen atoms in total. The van der Waals surface area contributed by atoms with Gasteiger partial charge in [-0.3, -0.25) is 9.52 Å². The van der Waals surface area contributed by atoms with Gasteiger partial charge in [0.25, 0.3) is 15.9 Å². The van der Waals surface area contributed by atoms with Crippen LogP contribution in [0.1, 0.15) is 49.8 Å². The van der Waals surface area contributed by atoms with Crippen molar-refractivity contribution in [3.63, 3.8) is 0 Å². The first-order chi connectivity index (χ1) is 17.1. The van der Waals surface area contributed by atoms with Crippen molar-refractivity contribution >= 4 is 21.6 Å². The van der Waals surface area contributed by atoms with Crippen LogP contribution in [-0.4, -0.2) is 14.3 Å². The summed E-state index contributed by atoms with van der Waals surface area (Å²) in [4.78, 5) is 13.5. The fourth-order valence-corrected chi connectivity index (χ4v) is 5.70. The predicted molar refractivity (Wildman–Crippen MR) is 145 cm³/mol. The third kappa shape index (κ3) is 5.66. The zero-order valence-electron chi connectivity index (χ0n) is 20.9. The summed E-state index contributed by atoms with van der Waals surface area (Å²) in [5, 5.41) is 3.12. The summed E-state index contributed by atoms with van der Waals surface area (Å²) in [5.41, 5.74) is 6.21. The highest BCUT2D eigenvalue weighted by Crippen LogP contribution is 2.27. The van der Waals surface area contributed by atoms with Crippen LogP contribution in [0.2, 0.25) is 0 Å². The molecule has 4 aromatic carbocycles. The first kappa shape index (κ1) is 25.2. The number of rotatable bonds is 7. The molecule has 0 unspecified atom stereocenters. The van der Waals surface area contributed by atoms with Crippen molar-refractivity contribution < 1.29 is 13.2 Å². The maximum atomic E-state index is 13.4. The van der Waals surface area contributed by atoms with Gasteiger partial charge in [-0.2, -0.15) is 0 Å². The molecule has 1 amide bonds. The third-order valence-electron chi connectivity index (χ3n) is 6.12. The number of amides is 1. The Morgan fingerprint density at radius 2 is 1.36 bits per heavy atom. The van der Waals surface area contributed by atoms with E-state index < -0.39 is 10.0 Å². The Hall–Kier alpha value is -3.90. The van der Waals surface area contributed by atoms with Crippen molar-refractivity contribution in [1.82, 2.24) is 5.32 Å². The van der Waals surface area contributed by atoms with Gasteiger partial charge in [0, 0.05) is 11.3 Å². The summed E-state index contributed by atoms with van der Waals surface area (Å²) in [5.74, 6) is -0.352. The molecule has 0 aliphatic heterocycles. The minimum atomic E-state index is -3.90. The highest BCUT2D eigenvalue weighted by atomic mass is 32.2. The zero-order chi connectivity index (χ0) is 25.9. The molecule has 1 atom stereocenters. The fourth-order valence-electron chi connectivity index (χ4n) is 4.39. The number of nitrogens with one attached hydrogen (secondary N) is 2. The van der Waals surface area contributed by atoms with Gasteiger partial charge in [-0.1, -0.05) is 66.7 Å². The summed E-state index contributed by atoms with van der Waals surface area (Å²) in [6.07, 6.45) is 0. The Balaban J connectivity index is 1.67. The number of hydrogen-bond acceptors (Lipinski definition) is 3. The number of carbonyl (C=O) groups is 1. The number of carbonyl (C=O) groups excluding carboxylic acids is 1. The molecule has 4 rings (SSSR count). The molecule has 0 spiro atoms. The lowest BCUT2D eigenvalue weighted by atomic mass is 9.94. The molecule has 0 saturated carbocycles. The van der Waals surface area contributed by atoms with Crippen molar-refractivity contribution in [2.45, 2.75) is 38.6 Å². The zero-order valence-corrected chi connectivity index (χ0v) is 21.7. The molecule has 0 aliphatic carbocycles. The molecule has 0 radical (unpaired) electrons. The van der Waals surface area contributed by atoms with E-state index in [1.807, 2.05) is 81.4 Å². The maximum absolute atomic E-state index is 13.4. The average Bonchev–Trinajstić information content (AvgIpc) is 2.82. The lowest BCUT2D eigenvalue weighted by molar-refractivity contribution is 0.0942. The van der Waals surface area contributed by atoms with E-state index in [2.05, 4.69) is 10.0 Å². The normalized spacial score (nSPS) is 12.1. The van der Waals surface area contributed by atoms with E-state index >= 15 is 0 Å². The Kier molecular flexibility index (Phi) is 7.27. The van der Waals surface area contributed by atoms with Crippen LogP contribution < -0.4 is 10.0 Å². The molecular formula is C30H30N2O3S. The molecular weight excluding hydrogens is 468 g/mol. The molecule has 0 saturated heterocycles. The second kappa shape index (κ2) is 10.4. The molecule has 0 heterocycles. The molecule has 6 heteroatoms. The summed E-state index contributed by atoms with van der Waals surface area (Å²) < 4.78 is 29.2. The highest BCUT2D eigenvalue weighted by molar-refractivity contribution is 7.92. The van der Waals surface area contributed by atoms with Crippen molar-refractivity contribution in [3.05, 3.63) is 130 Å². The standard InChI is InChI=1S/C30H30N2O3S/c1-20-16-21(2)18-26(17-20)32-36(34,35)28-19-25(15-14-23(28)4)30(33)31-29(24-11-6-5-7-12-24)27-13-9-8-10-22(27)3/h5-19,29,32H,1-4H3,(H,31,33)/t29-/m1/s1. The first-order valence-corrected chi connectivity index (χ1v) is 13.3. The Morgan fingerprint density at radius 1 is 0.722 bits per heavy atom. The van der Waals surface area contributed by atoms with Crippen molar-refractivity contribution in [2.24, 2.45) is 0 Å². The molecule has 4 aromatic rings. The van der Waals surface area contributed by atoms with Gasteiger partial charge in [0.2, 0.25) is 0 Å². The van der Waals surface area contributed by atoms with E-state index in [0.29, 0.717) is 11.3 Å².